The smallest absolute Gasteiger partial charge is 0.215 e. The summed E-state index contributed by atoms with van der Waals surface area (Å²) in [5, 5.41) is 0. The van der Waals surface area contributed by atoms with Gasteiger partial charge in [-0.2, -0.15) is 4.31 Å². The van der Waals surface area contributed by atoms with E-state index in [-0.39, 0.29) is 23.0 Å². The Morgan fingerprint density at radius 1 is 1.25 bits per heavy atom. The first-order valence-corrected chi connectivity index (χ1v) is 10.8. The number of carbonyl (C=O) groups excluding carboxylic acids is 1. The minimum absolute atomic E-state index is 0.00975. The first-order valence-electron chi connectivity index (χ1n) is 9.15. The number of allylic oxidation sites excluding steroid dienone is 2. The van der Waals surface area contributed by atoms with Crippen molar-refractivity contribution in [2.75, 3.05) is 12.3 Å². The van der Waals surface area contributed by atoms with E-state index in [1.807, 2.05) is 6.08 Å². The normalized spacial score (nSPS) is 34.4. The third-order valence-electron chi connectivity index (χ3n) is 7.07. The Kier molecular flexibility index (Phi) is 3.63. The molecule has 0 saturated heterocycles. The Morgan fingerprint density at radius 3 is 2.50 bits per heavy atom. The molecule has 0 heterocycles. The van der Waals surface area contributed by atoms with Crippen molar-refractivity contribution in [1.82, 2.24) is 4.31 Å². The topological polar surface area (TPSA) is 54.5 Å². The highest BCUT2D eigenvalue weighted by molar-refractivity contribution is 7.89. The predicted molar refractivity (Wildman–Crippen MR) is 93.9 cm³/mol. The highest BCUT2D eigenvalue weighted by atomic mass is 32.2. The minimum Gasteiger partial charge on any atom is -0.299 e. The van der Waals surface area contributed by atoms with Crippen LogP contribution in [-0.4, -0.2) is 36.8 Å². The van der Waals surface area contributed by atoms with Crippen LogP contribution in [0.4, 0.5) is 0 Å². The van der Waals surface area contributed by atoms with E-state index in [0.29, 0.717) is 18.9 Å². The minimum atomic E-state index is -3.44. The lowest BCUT2D eigenvalue weighted by Gasteiger charge is -2.37. The zero-order chi connectivity index (χ0) is 17.2. The summed E-state index contributed by atoms with van der Waals surface area (Å²) in [6, 6.07) is 0.137. The second-order valence-electron chi connectivity index (χ2n) is 8.62. The zero-order valence-electron chi connectivity index (χ0n) is 14.6. The Balaban J connectivity index is 1.62. The van der Waals surface area contributed by atoms with Gasteiger partial charge in [0, 0.05) is 24.4 Å². The average Bonchev–Trinajstić information content (AvgIpc) is 3.10. The van der Waals surface area contributed by atoms with Crippen LogP contribution in [0.25, 0.3) is 0 Å². The van der Waals surface area contributed by atoms with E-state index in [2.05, 4.69) is 26.0 Å². The van der Waals surface area contributed by atoms with Crippen LogP contribution in [0.5, 0.6) is 0 Å². The fourth-order valence-electron chi connectivity index (χ4n) is 5.12. The van der Waals surface area contributed by atoms with E-state index < -0.39 is 15.4 Å². The maximum Gasteiger partial charge on any atom is 0.215 e. The van der Waals surface area contributed by atoms with E-state index in [0.717, 1.165) is 37.7 Å². The van der Waals surface area contributed by atoms with Crippen molar-refractivity contribution in [3.05, 3.63) is 23.8 Å². The van der Waals surface area contributed by atoms with Gasteiger partial charge in [-0.1, -0.05) is 32.1 Å². The number of sulfonamides is 1. The molecule has 4 aliphatic rings. The SMILES string of the molecule is CC1(C)C2CCC1(CS(=O)(=O)N(CC1=CCC=C1)C1CC1)C(=O)C2. The fraction of sp³-hybridized carbons (Fsp3) is 0.737. The molecule has 2 atom stereocenters. The molecule has 4 aliphatic carbocycles. The van der Waals surface area contributed by atoms with Gasteiger partial charge >= 0.3 is 0 Å². The van der Waals surface area contributed by atoms with Gasteiger partial charge in [0.15, 0.2) is 0 Å². The van der Waals surface area contributed by atoms with Crippen LogP contribution < -0.4 is 0 Å². The molecule has 3 saturated carbocycles. The Morgan fingerprint density at radius 2 is 2.00 bits per heavy atom. The molecule has 0 aromatic rings. The number of hydrogen-bond acceptors (Lipinski definition) is 3. The van der Waals surface area contributed by atoms with Crippen molar-refractivity contribution in [3.8, 4) is 0 Å². The lowest BCUT2D eigenvalue weighted by molar-refractivity contribution is -0.128. The predicted octanol–water partition coefficient (Wildman–Crippen LogP) is 3.06. The zero-order valence-corrected chi connectivity index (χ0v) is 15.4. The first kappa shape index (κ1) is 16.5. The van der Waals surface area contributed by atoms with Crippen molar-refractivity contribution in [2.24, 2.45) is 16.7 Å². The number of fused-ring (bicyclic) bond motifs is 2. The van der Waals surface area contributed by atoms with Crippen molar-refractivity contribution in [3.63, 3.8) is 0 Å². The van der Waals surface area contributed by atoms with Crippen LogP contribution in [0.15, 0.2) is 23.8 Å². The molecule has 0 spiro atoms. The van der Waals surface area contributed by atoms with E-state index in [4.69, 9.17) is 0 Å². The van der Waals surface area contributed by atoms with Gasteiger partial charge in [0.1, 0.15) is 5.78 Å². The van der Waals surface area contributed by atoms with Crippen molar-refractivity contribution < 1.29 is 13.2 Å². The van der Waals surface area contributed by atoms with Gasteiger partial charge in [-0.15, -0.1) is 0 Å². The van der Waals surface area contributed by atoms with Crippen LogP contribution in [0, 0.1) is 16.7 Å². The summed E-state index contributed by atoms with van der Waals surface area (Å²) in [5.41, 5.74) is 0.229. The van der Waals surface area contributed by atoms with Crippen molar-refractivity contribution in [2.45, 2.75) is 58.4 Å². The molecule has 0 N–H and O–H groups in total. The molecule has 5 heteroatoms. The largest absolute Gasteiger partial charge is 0.299 e. The average molecular weight is 349 g/mol. The summed E-state index contributed by atoms with van der Waals surface area (Å²) in [4.78, 5) is 12.7. The van der Waals surface area contributed by atoms with Crippen LogP contribution in [-0.2, 0) is 14.8 Å². The summed E-state index contributed by atoms with van der Waals surface area (Å²) in [5.74, 6) is 0.550. The number of Topliss-reactive ketones (excluding diaryl/α,β-unsaturated/α-hetero) is 1. The second-order valence-corrected chi connectivity index (χ2v) is 10.5. The van der Waals surface area contributed by atoms with E-state index in [9.17, 15) is 13.2 Å². The summed E-state index contributed by atoms with van der Waals surface area (Å²) in [6.45, 7) is 4.68. The van der Waals surface area contributed by atoms with Crippen LogP contribution in [0.2, 0.25) is 0 Å². The van der Waals surface area contributed by atoms with Gasteiger partial charge < -0.3 is 0 Å². The van der Waals surface area contributed by atoms with Crippen molar-refractivity contribution in [1.29, 1.82) is 0 Å². The maximum absolute atomic E-state index is 13.3. The third kappa shape index (κ3) is 2.35. The molecular formula is C19H27NO3S. The summed E-state index contributed by atoms with van der Waals surface area (Å²) < 4.78 is 28.3. The van der Waals surface area contributed by atoms with E-state index in [1.54, 1.807) is 4.31 Å². The highest BCUT2D eigenvalue weighted by Gasteiger charge is 2.65. The number of hydrogen-bond donors (Lipinski definition) is 0. The van der Waals surface area contributed by atoms with E-state index in [1.165, 1.54) is 0 Å². The molecular weight excluding hydrogens is 322 g/mol. The Labute approximate surface area is 145 Å². The molecule has 0 radical (unpaired) electrons. The highest BCUT2D eigenvalue weighted by Crippen LogP contribution is 2.64. The molecule has 0 amide bonds. The molecule has 4 nitrogen and oxygen atoms in total. The molecule has 0 aliphatic heterocycles. The molecule has 132 valence electrons. The summed E-state index contributed by atoms with van der Waals surface area (Å²) in [7, 11) is -3.44. The van der Waals surface area contributed by atoms with Crippen LogP contribution in [0.1, 0.15) is 52.4 Å². The Bertz CT molecular complexity index is 730. The maximum atomic E-state index is 13.3. The van der Waals surface area contributed by atoms with Gasteiger partial charge in [0.2, 0.25) is 10.0 Å². The molecule has 24 heavy (non-hydrogen) atoms. The van der Waals surface area contributed by atoms with Crippen molar-refractivity contribution >= 4 is 15.8 Å². The summed E-state index contributed by atoms with van der Waals surface area (Å²) >= 11 is 0. The fourth-order valence-corrected chi connectivity index (χ4v) is 7.60. The lowest BCUT2D eigenvalue weighted by atomic mass is 9.70. The van der Waals surface area contributed by atoms with Crippen LogP contribution >= 0.6 is 0 Å². The molecule has 0 aromatic carbocycles. The van der Waals surface area contributed by atoms with Gasteiger partial charge in [-0.3, -0.25) is 4.79 Å². The Hall–Kier alpha value is -0.940. The van der Waals surface area contributed by atoms with Gasteiger partial charge in [-0.25, -0.2) is 8.42 Å². The molecule has 0 aromatic heterocycles. The molecule has 3 fully saturated rings. The summed E-state index contributed by atoms with van der Waals surface area (Å²) in [6.07, 6.45) is 11.3. The van der Waals surface area contributed by atoms with Gasteiger partial charge in [-0.05, 0) is 49.0 Å². The van der Waals surface area contributed by atoms with Gasteiger partial charge in [0.05, 0.1) is 5.75 Å². The number of nitrogens with zero attached hydrogens (tertiary/aromatic N) is 1. The van der Waals surface area contributed by atoms with Gasteiger partial charge in [0.25, 0.3) is 0 Å². The lowest BCUT2D eigenvalue weighted by Crippen LogP contribution is -2.47. The number of rotatable bonds is 6. The monoisotopic (exact) mass is 349 g/mol. The first-order chi connectivity index (χ1) is 11.3. The third-order valence-corrected chi connectivity index (χ3v) is 9.07. The molecule has 4 rings (SSSR count). The quantitative estimate of drug-likeness (QED) is 0.740. The number of ketones is 1. The molecule has 2 bridgehead atoms. The molecule has 2 unspecified atom stereocenters. The van der Waals surface area contributed by atoms with E-state index >= 15 is 0 Å². The number of carbonyl (C=O) groups is 1. The standard InChI is InChI=1S/C19H27NO3S/c1-18(2)15-9-10-19(18,17(21)11-15)13-24(22,23)20(16-7-8-16)12-14-5-3-4-6-14/h3,5-6,15-16H,4,7-13H2,1-2H3. The second kappa shape index (κ2) is 5.28. The van der Waals surface area contributed by atoms with Crippen LogP contribution in [0.3, 0.4) is 0 Å².